The molecule has 0 saturated heterocycles. The van der Waals surface area contributed by atoms with Gasteiger partial charge >= 0.3 is 11.7 Å². The number of aliphatic hydroxyl groups is 1. The lowest BCUT2D eigenvalue weighted by Crippen LogP contribution is -2.44. The maximum atomic E-state index is 14.2. The van der Waals surface area contributed by atoms with Crippen LogP contribution in [0.15, 0.2) is 16.9 Å². The van der Waals surface area contributed by atoms with Gasteiger partial charge in [-0.2, -0.15) is 0 Å². The second-order valence-corrected chi connectivity index (χ2v) is 7.87. The van der Waals surface area contributed by atoms with Gasteiger partial charge in [0.15, 0.2) is 11.4 Å². The predicted molar refractivity (Wildman–Crippen MR) is 108 cm³/mol. The van der Waals surface area contributed by atoms with Crippen LogP contribution in [0.25, 0.3) is 22.3 Å². The van der Waals surface area contributed by atoms with E-state index in [1.807, 2.05) is 0 Å². The Labute approximate surface area is 178 Å². The third-order valence-electron chi connectivity index (χ3n) is 6.34. The quantitative estimate of drug-likeness (QED) is 0.273. The zero-order chi connectivity index (χ0) is 23.1. The number of ether oxygens (including phenoxy) is 1. The van der Waals surface area contributed by atoms with Crippen molar-refractivity contribution in [3.63, 3.8) is 0 Å². The first-order valence-corrected chi connectivity index (χ1v) is 9.76. The average molecular weight is 441 g/mol. The number of fused-ring (bicyclic) bond motifs is 5. The zero-order valence-corrected chi connectivity index (χ0v) is 16.9. The Bertz CT molecular complexity index is 1460. The summed E-state index contributed by atoms with van der Waals surface area (Å²) in [7, 11) is 0. The Kier molecular flexibility index (Phi) is 3.97. The highest BCUT2D eigenvalue weighted by atomic mass is 19.1. The summed E-state index contributed by atoms with van der Waals surface area (Å²) in [5.41, 5.74) is -1.63. The van der Waals surface area contributed by atoms with Gasteiger partial charge in [-0.05, 0) is 25.0 Å². The van der Waals surface area contributed by atoms with Gasteiger partial charge < -0.3 is 19.5 Å². The molecule has 0 saturated carbocycles. The molecular weight excluding hydrogens is 425 g/mol. The van der Waals surface area contributed by atoms with Gasteiger partial charge in [0.2, 0.25) is 5.75 Å². The van der Waals surface area contributed by atoms with Gasteiger partial charge in [-0.15, -0.1) is 0 Å². The largest absolute Gasteiger partial charge is 0.500 e. The van der Waals surface area contributed by atoms with Crippen LogP contribution in [-0.2, 0) is 28.3 Å². The van der Waals surface area contributed by atoms with Gasteiger partial charge in [-0.25, -0.2) is 14.2 Å². The molecule has 5 rings (SSSR count). The topological polar surface area (TPSA) is 145 Å². The number of carbonyl (C=O) groups is 1. The highest BCUT2D eigenvalue weighted by Gasteiger charge is 2.45. The van der Waals surface area contributed by atoms with Crippen molar-refractivity contribution in [3.05, 3.63) is 60.7 Å². The molecule has 0 bridgehead atoms. The molecule has 0 radical (unpaired) electrons. The predicted octanol–water partition coefficient (Wildman–Crippen LogP) is 2.14. The molecule has 164 valence electrons. The number of hydrogen-bond donors (Lipinski definition) is 2. The number of phenols is 1. The molecule has 4 heterocycles. The van der Waals surface area contributed by atoms with Crippen molar-refractivity contribution in [1.82, 2.24) is 9.55 Å². The summed E-state index contributed by atoms with van der Waals surface area (Å²) in [5, 5.41) is 32.4. The molecule has 2 aromatic heterocycles. The summed E-state index contributed by atoms with van der Waals surface area (Å²) in [6.07, 6.45) is -0.0184. The molecule has 10 nitrogen and oxygen atoms in total. The normalized spacial score (nSPS) is 18.8. The molecule has 0 fully saturated rings. The minimum Gasteiger partial charge on any atom is -0.500 e. The molecule has 0 aliphatic carbocycles. The molecule has 3 aromatic rings. The molecular formula is C21H16FN3O7. The van der Waals surface area contributed by atoms with Gasteiger partial charge in [0.1, 0.15) is 6.61 Å². The van der Waals surface area contributed by atoms with Crippen LogP contribution in [0.1, 0.15) is 35.6 Å². The van der Waals surface area contributed by atoms with E-state index in [1.54, 1.807) is 13.8 Å². The Morgan fingerprint density at radius 2 is 2.06 bits per heavy atom. The second kappa shape index (κ2) is 6.33. The van der Waals surface area contributed by atoms with Crippen LogP contribution >= 0.6 is 0 Å². The highest BCUT2D eigenvalue weighted by molar-refractivity contribution is 5.97. The second-order valence-electron chi connectivity index (χ2n) is 7.87. The molecule has 0 spiro atoms. The lowest BCUT2D eigenvalue weighted by molar-refractivity contribution is -0.384. The molecule has 2 aliphatic heterocycles. The average Bonchev–Trinajstić information content (AvgIpc) is 3.12. The van der Waals surface area contributed by atoms with Crippen molar-refractivity contribution >= 4 is 22.6 Å². The number of pyridine rings is 2. The van der Waals surface area contributed by atoms with E-state index in [2.05, 4.69) is 4.98 Å². The van der Waals surface area contributed by atoms with E-state index in [1.165, 1.54) is 10.6 Å². The van der Waals surface area contributed by atoms with Gasteiger partial charge in [0.25, 0.3) is 5.56 Å². The number of nitrogens with zero attached hydrogens (tertiary/aromatic N) is 3. The van der Waals surface area contributed by atoms with Crippen molar-refractivity contribution in [2.24, 2.45) is 0 Å². The van der Waals surface area contributed by atoms with Gasteiger partial charge in [-0.3, -0.25) is 14.9 Å². The minimum absolute atomic E-state index is 0.0184. The van der Waals surface area contributed by atoms with Crippen molar-refractivity contribution < 1.29 is 29.1 Å². The number of aromatic nitrogens is 2. The summed E-state index contributed by atoms with van der Waals surface area (Å²) in [4.78, 5) is 40.5. The molecule has 2 aliphatic rings. The molecule has 0 amide bonds. The Morgan fingerprint density at radius 3 is 2.72 bits per heavy atom. The highest BCUT2D eigenvalue weighted by Crippen LogP contribution is 2.44. The van der Waals surface area contributed by atoms with E-state index in [9.17, 15) is 34.3 Å². The third kappa shape index (κ3) is 2.33. The van der Waals surface area contributed by atoms with E-state index in [0.717, 1.165) is 6.07 Å². The molecule has 32 heavy (non-hydrogen) atoms. The standard InChI is InChI=1S/C21H16FN3O7/c1-3-21(29)11-4-14-16-9(6-24(14)19(27)10(11)7-32-20(21)28)8(2)15-13(23-16)5-12(22)18(26)17(15)25(30)31/h4-5,26,29H,3,6-7H2,1-2H3/t21-/m0/s1. The van der Waals surface area contributed by atoms with Crippen LogP contribution in [0, 0.1) is 22.9 Å². The maximum absolute atomic E-state index is 14.2. The summed E-state index contributed by atoms with van der Waals surface area (Å²) in [6.45, 7) is 2.89. The first kappa shape index (κ1) is 20.1. The fraction of sp³-hybridized carbons (Fsp3) is 0.286. The Morgan fingerprint density at radius 1 is 1.34 bits per heavy atom. The van der Waals surface area contributed by atoms with Crippen molar-refractivity contribution in [1.29, 1.82) is 0 Å². The van der Waals surface area contributed by atoms with Crippen LogP contribution in [0.2, 0.25) is 0 Å². The first-order valence-electron chi connectivity index (χ1n) is 9.76. The Hall–Kier alpha value is -3.86. The van der Waals surface area contributed by atoms with E-state index in [-0.39, 0.29) is 47.3 Å². The van der Waals surface area contributed by atoms with Gasteiger partial charge in [-0.1, -0.05) is 6.92 Å². The van der Waals surface area contributed by atoms with Gasteiger partial charge in [0.05, 0.1) is 39.3 Å². The van der Waals surface area contributed by atoms with Crippen molar-refractivity contribution in [2.75, 3.05) is 0 Å². The smallest absolute Gasteiger partial charge is 0.343 e. The van der Waals surface area contributed by atoms with Crippen molar-refractivity contribution in [3.8, 4) is 17.1 Å². The van der Waals surface area contributed by atoms with Crippen LogP contribution in [0.4, 0.5) is 10.1 Å². The van der Waals surface area contributed by atoms with Crippen LogP contribution < -0.4 is 5.56 Å². The fourth-order valence-electron chi connectivity index (χ4n) is 4.58. The first-order chi connectivity index (χ1) is 15.1. The number of aryl methyl sites for hydroxylation is 1. The summed E-state index contributed by atoms with van der Waals surface area (Å²) >= 11 is 0. The summed E-state index contributed by atoms with van der Waals surface area (Å²) in [6, 6.07) is 2.39. The van der Waals surface area contributed by atoms with E-state index >= 15 is 0 Å². The monoisotopic (exact) mass is 441 g/mol. The minimum atomic E-state index is -1.99. The molecule has 1 aromatic carbocycles. The number of nitro benzene ring substituents is 1. The van der Waals surface area contributed by atoms with Crippen molar-refractivity contribution in [2.45, 2.75) is 39.0 Å². The third-order valence-corrected chi connectivity index (χ3v) is 6.34. The summed E-state index contributed by atoms with van der Waals surface area (Å²) in [5.74, 6) is -3.13. The van der Waals surface area contributed by atoms with Gasteiger partial charge in [0, 0.05) is 17.2 Å². The number of cyclic esters (lactones) is 1. The number of nitro groups is 1. The number of aromatic hydroxyl groups is 1. The van der Waals surface area contributed by atoms with E-state index in [0.29, 0.717) is 16.8 Å². The zero-order valence-electron chi connectivity index (χ0n) is 16.9. The number of benzene rings is 1. The van der Waals surface area contributed by atoms with Crippen LogP contribution in [-0.4, -0.2) is 30.7 Å². The molecule has 1 atom stereocenters. The summed E-state index contributed by atoms with van der Waals surface area (Å²) < 4.78 is 20.6. The number of carbonyl (C=O) groups excluding carboxylic acids is 1. The molecule has 11 heteroatoms. The number of esters is 1. The van der Waals surface area contributed by atoms with Crippen LogP contribution in [0.3, 0.4) is 0 Å². The molecule has 2 N–H and O–H groups in total. The lowest BCUT2D eigenvalue weighted by Gasteiger charge is -2.31. The van der Waals surface area contributed by atoms with Crippen LogP contribution in [0.5, 0.6) is 5.75 Å². The maximum Gasteiger partial charge on any atom is 0.343 e. The van der Waals surface area contributed by atoms with E-state index < -0.39 is 39.3 Å². The van der Waals surface area contributed by atoms with E-state index in [4.69, 9.17) is 4.74 Å². The Balaban J connectivity index is 1.86. The fourth-order valence-corrected chi connectivity index (χ4v) is 4.58. The number of rotatable bonds is 2. The SMILES string of the molecule is CC[C@@]1(O)C(=O)OCc2c1cc1n(c2=O)Cc2c-1nc1cc(F)c(O)c([N+](=O)[O-])c1c2C. The number of phenolic OH excluding ortho intramolecular Hbond substituents is 1. The molecule has 0 unspecified atom stereocenters. The lowest BCUT2D eigenvalue weighted by atomic mass is 9.86. The number of halogens is 1. The number of hydrogen-bond acceptors (Lipinski definition) is 8.